The van der Waals surface area contributed by atoms with Crippen molar-refractivity contribution in [3.8, 4) is 5.75 Å². The Morgan fingerprint density at radius 3 is 2.55 bits per heavy atom. The first-order valence-corrected chi connectivity index (χ1v) is 10.3. The lowest BCUT2D eigenvalue weighted by Gasteiger charge is -2.29. The second-order valence-electron chi connectivity index (χ2n) is 7.76. The molecule has 1 aromatic carbocycles. The molecule has 2 aliphatic rings. The zero-order valence-corrected chi connectivity index (χ0v) is 16.7. The van der Waals surface area contributed by atoms with Gasteiger partial charge in [-0.3, -0.25) is 9.59 Å². The molecule has 1 saturated heterocycles. The molecule has 1 N–H and O–H groups in total. The Balaban J connectivity index is 1.31. The highest BCUT2D eigenvalue weighted by molar-refractivity contribution is 5.97. The fourth-order valence-electron chi connectivity index (χ4n) is 4.22. The third-order valence-corrected chi connectivity index (χ3v) is 5.88. The van der Waals surface area contributed by atoms with Crippen LogP contribution < -0.4 is 10.1 Å². The van der Waals surface area contributed by atoms with E-state index in [1.165, 1.54) is 0 Å². The highest BCUT2D eigenvalue weighted by atomic mass is 16.5. The number of methoxy groups -OCH3 is 1. The van der Waals surface area contributed by atoms with Gasteiger partial charge >= 0.3 is 0 Å². The van der Waals surface area contributed by atoms with Crippen molar-refractivity contribution in [3.63, 3.8) is 0 Å². The third-order valence-electron chi connectivity index (χ3n) is 5.88. The van der Waals surface area contributed by atoms with Gasteiger partial charge in [-0.1, -0.05) is 17.3 Å². The van der Waals surface area contributed by atoms with Gasteiger partial charge < -0.3 is 15.0 Å². The molecule has 8 heteroatoms. The van der Waals surface area contributed by atoms with E-state index in [4.69, 9.17) is 4.74 Å². The number of nitrogens with zero attached hydrogens (tertiary/aromatic N) is 4. The van der Waals surface area contributed by atoms with Crippen LogP contribution in [0.3, 0.4) is 0 Å². The fraction of sp³-hybridized carbons (Fsp3) is 0.524. The summed E-state index contributed by atoms with van der Waals surface area (Å²) in [4.78, 5) is 26.9. The molecule has 2 amide bonds. The van der Waals surface area contributed by atoms with E-state index >= 15 is 0 Å². The first-order chi connectivity index (χ1) is 14.2. The number of ether oxygens (including phenoxy) is 1. The minimum absolute atomic E-state index is 0.0218. The highest BCUT2D eigenvalue weighted by Crippen LogP contribution is 2.28. The van der Waals surface area contributed by atoms with Crippen LogP contribution >= 0.6 is 0 Å². The number of carbonyl (C=O) groups excluding carboxylic acids is 2. The SMILES string of the molecule is COc1ccccc1C(=O)N[C@H]1CC[C@@H](n2cc(C(=O)N3CCCC3)nn2)CC1. The number of hydrogen-bond donors (Lipinski definition) is 1. The number of likely N-dealkylation sites (tertiary alicyclic amines) is 1. The van der Waals surface area contributed by atoms with Crippen molar-refractivity contribution in [1.29, 1.82) is 0 Å². The van der Waals surface area contributed by atoms with E-state index in [0.29, 0.717) is 17.0 Å². The predicted octanol–water partition coefficient (Wildman–Crippen LogP) is 2.44. The Morgan fingerprint density at radius 2 is 1.83 bits per heavy atom. The van der Waals surface area contributed by atoms with Gasteiger partial charge in [0.15, 0.2) is 5.69 Å². The highest BCUT2D eigenvalue weighted by Gasteiger charge is 2.27. The van der Waals surface area contributed by atoms with Gasteiger partial charge in [-0.05, 0) is 50.7 Å². The van der Waals surface area contributed by atoms with Crippen LogP contribution in [0.25, 0.3) is 0 Å². The molecule has 2 fully saturated rings. The number of nitrogens with one attached hydrogen (secondary N) is 1. The Labute approximate surface area is 170 Å². The summed E-state index contributed by atoms with van der Waals surface area (Å²) in [5.74, 6) is 0.452. The van der Waals surface area contributed by atoms with E-state index in [-0.39, 0.29) is 23.9 Å². The minimum atomic E-state index is -0.106. The van der Waals surface area contributed by atoms with Gasteiger partial charge in [0.2, 0.25) is 0 Å². The van der Waals surface area contributed by atoms with Crippen molar-refractivity contribution in [2.24, 2.45) is 0 Å². The van der Waals surface area contributed by atoms with Crippen LogP contribution in [-0.4, -0.2) is 57.9 Å². The standard InChI is InChI=1S/C21H27N5O3/c1-29-19-7-3-2-6-17(19)20(27)22-15-8-10-16(11-9-15)26-14-18(23-24-26)21(28)25-12-4-5-13-25/h2-3,6-7,14-16H,4-5,8-13H2,1H3,(H,22,27)/t15-,16+. The second-order valence-corrected chi connectivity index (χ2v) is 7.76. The van der Waals surface area contributed by atoms with Gasteiger partial charge in [0, 0.05) is 19.1 Å². The van der Waals surface area contributed by atoms with Gasteiger partial charge in [-0.2, -0.15) is 0 Å². The van der Waals surface area contributed by atoms with Crippen molar-refractivity contribution in [1.82, 2.24) is 25.2 Å². The van der Waals surface area contributed by atoms with E-state index < -0.39 is 0 Å². The average molecular weight is 397 g/mol. The zero-order valence-electron chi connectivity index (χ0n) is 16.7. The summed E-state index contributed by atoms with van der Waals surface area (Å²) in [6.07, 6.45) is 7.39. The van der Waals surface area contributed by atoms with Crippen LogP contribution in [0.2, 0.25) is 0 Å². The average Bonchev–Trinajstić information content (AvgIpc) is 3.46. The van der Waals surface area contributed by atoms with Crippen molar-refractivity contribution >= 4 is 11.8 Å². The number of aromatic nitrogens is 3. The van der Waals surface area contributed by atoms with Crippen LogP contribution in [0.1, 0.15) is 65.4 Å². The molecule has 2 heterocycles. The molecule has 2 aromatic rings. The van der Waals surface area contributed by atoms with Crippen LogP contribution in [0.5, 0.6) is 5.75 Å². The smallest absolute Gasteiger partial charge is 0.276 e. The van der Waals surface area contributed by atoms with Gasteiger partial charge in [0.05, 0.1) is 24.9 Å². The maximum absolute atomic E-state index is 12.6. The molecule has 29 heavy (non-hydrogen) atoms. The Bertz CT molecular complexity index is 867. The first-order valence-electron chi connectivity index (χ1n) is 10.3. The molecular formula is C21H27N5O3. The molecule has 154 valence electrons. The van der Waals surface area contributed by atoms with E-state index in [1.54, 1.807) is 25.4 Å². The fourth-order valence-corrected chi connectivity index (χ4v) is 4.22. The summed E-state index contributed by atoms with van der Waals surface area (Å²) >= 11 is 0. The predicted molar refractivity (Wildman–Crippen MR) is 107 cm³/mol. The topological polar surface area (TPSA) is 89.4 Å². The number of carbonyl (C=O) groups is 2. The minimum Gasteiger partial charge on any atom is -0.496 e. The summed E-state index contributed by atoms with van der Waals surface area (Å²) in [6, 6.07) is 7.58. The Kier molecular flexibility index (Phi) is 5.78. The molecule has 1 aliphatic carbocycles. The molecule has 1 aromatic heterocycles. The number of benzene rings is 1. The summed E-state index contributed by atoms with van der Waals surface area (Å²) < 4.78 is 7.10. The largest absolute Gasteiger partial charge is 0.496 e. The van der Waals surface area contributed by atoms with Crippen LogP contribution in [0.15, 0.2) is 30.5 Å². The molecule has 0 radical (unpaired) electrons. The number of para-hydroxylation sites is 1. The third kappa shape index (κ3) is 4.26. The molecule has 0 spiro atoms. The van der Waals surface area contributed by atoms with Crippen molar-refractivity contribution in [3.05, 3.63) is 41.7 Å². The summed E-state index contributed by atoms with van der Waals surface area (Å²) in [7, 11) is 1.57. The monoisotopic (exact) mass is 397 g/mol. The number of rotatable bonds is 5. The Morgan fingerprint density at radius 1 is 1.10 bits per heavy atom. The van der Waals surface area contributed by atoms with E-state index in [2.05, 4.69) is 15.6 Å². The normalized spacial score (nSPS) is 21.8. The molecule has 0 unspecified atom stereocenters. The van der Waals surface area contributed by atoms with Crippen LogP contribution in [-0.2, 0) is 0 Å². The molecular weight excluding hydrogens is 370 g/mol. The second kappa shape index (κ2) is 8.63. The summed E-state index contributed by atoms with van der Waals surface area (Å²) in [5.41, 5.74) is 0.983. The molecule has 1 saturated carbocycles. The lowest BCUT2D eigenvalue weighted by Crippen LogP contribution is -2.38. The van der Waals surface area contributed by atoms with Gasteiger partial charge in [0.25, 0.3) is 11.8 Å². The summed E-state index contributed by atoms with van der Waals surface area (Å²) in [5, 5.41) is 11.4. The number of hydrogen-bond acceptors (Lipinski definition) is 5. The van der Waals surface area contributed by atoms with E-state index in [9.17, 15) is 9.59 Å². The summed E-state index contributed by atoms with van der Waals surface area (Å²) in [6.45, 7) is 1.62. The van der Waals surface area contributed by atoms with Gasteiger partial charge in [-0.25, -0.2) is 4.68 Å². The van der Waals surface area contributed by atoms with E-state index in [1.807, 2.05) is 21.7 Å². The zero-order chi connectivity index (χ0) is 20.2. The molecule has 8 nitrogen and oxygen atoms in total. The van der Waals surface area contributed by atoms with Gasteiger partial charge in [0.1, 0.15) is 5.75 Å². The first kappa shape index (κ1) is 19.4. The lowest BCUT2D eigenvalue weighted by atomic mass is 9.91. The van der Waals surface area contributed by atoms with Crippen molar-refractivity contribution in [2.45, 2.75) is 50.6 Å². The maximum Gasteiger partial charge on any atom is 0.276 e. The lowest BCUT2D eigenvalue weighted by molar-refractivity contribution is 0.0786. The van der Waals surface area contributed by atoms with E-state index in [0.717, 1.165) is 51.6 Å². The van der Waals surface area contributed by atoms with Crippen LogP contribution in [0.4, 0.5) is 0 Å². The van der Waals surface area contributed by atoms with Crippen molar-refractivity contribution in [2.75, 3.05) is 20.2 Å². The molecule has 1 aliphatic heterocycles. The van der Waals surface area contributed by atoms with Crippen molar-refractivity contribution < 1.29 is 14.3 Å². The molecule has 0 atom stereocenters. The maximum atomic E-state index is 12.6. The molecule has 0 bridgehead atoms. The van der Waals surface area contributed by atoms with Crippen LogP contribution in [0, 0.1) is 0 Å². The number of amides is 2. The quantitative estimate of drug-likeness (QED) is 0.837. The van der Waals surface area contributed by atoms with Gasteiger partial charge in [-0.15, -0.1) is 5.10 Å². The Hall–Kier alpha value is -2.90. The molecule has 4 rings (SSSR count).